The molecule has 92 valence electrons. The van der Waals surface area contributed by atoms with Gasteiger partial charge < -0.3 is 9.84 Å². The van der Waals surface area contributed by atoms with Gasteiger partial charge in [-0.25, -0.2) is 0 Å². The summed E-state index contributed by atoms with van der Waals surface area (Å²) in [6.45, 7) is 0. The second-order valence-corrected chi connectivity index (χ2v) is 4.69. The molecule has 0 heterocycles. The van der Waals surface area contributed by atoms with Gasteiger partial charge in [-0.2, -0.15) is 0 Å². The molecule has 3 rings (SSSR count). The number of ether oxygens (including phenoxy) is 1. The number of hydrogen-bond donors (Lipinski definition) is 1. The molecule has 0 radical (unpaired) electrons. The molecule has 3 heteroatoms. The van der Waals surface area contributed by atoms with Gasteiger partial charge in [-0.05, 0) is 23.3 Å². The molecule has 1 saturated carbocycles. The maximum absolute atomic E-state index is 11.0. The number of benzene rings is 2. The van der Waals surface area contributed by atoms with E-state index in [9.17, 15) is 4.79 Å². The number of carbonyl (C=O) groups is 1. The van der Waals surface area contributed by atoms with Gasteiger partial charge in [0.25, 0.3) is 0 Å². The van der Waals surface area contributed by atoms with Crippen molar-refractivity contribution in [1.29, 1.82) is 0 Å². The predicted octanol–water partition coefficient (Wildman–Crippen LogP) is 3.04. The van der Waals surface area contributed by atoms with Gasteiger partial charge in [-0.3, -0.25) is 4.79 Å². The second-order valence-electron chi connectivity index (χ2n) is 4.69. The van der Waals surface area contributed by atoms with Crippen molar-refractivity contribution in [2.45, 2.75) is 12.3 Å². The molecule has 0 spiro atoms. The number of hydrogen-bond acceptors (Lipinski definition) is 2. The van der Waals surface area contributed by atoms with Crippen LogP contribution in [-0.4, -0.2) is 18.2 Å². The van der Waals surface area contributed by atoms with E-state index in [1.54, 1.807) is 7.11 Å². The summed E-state index contributed by atoms with van der Waals surface area (Å²) >= 11 is 0. The summed E-state index contributed by atoms with van der Waals surface area (Å²) in [5.74, 6) is -0.0920. The Balaban J connectivity index is 2.16. The highest BCUT2D eigenvalue weighted by Gasteiger charge is 2.46. The molecule has 0 aromatic heterocycles. The predicted molar refractivity (Wildman–Crippen MR) is 69.0 cm³/mol. The van der Waals surface area contributed by atoms with Crippen LogP contribution in [-0.2, 0) is 4.79 Å². The van der Waals surface area contributed by atoms with Gasteiger partial charge in [0.05, 0.1) is 13.0 Å². The lowest BCUT2D eigenvalue weighted by Crippen LogP contribution is -2.00. The fraction of sp³-hybridized carbons (Fsp3) is 0.267. The molecular weight excluding hydrogens is 228 g/mol. The zero-order chi connectivity index (χ0) is 12.7. The van der Waals surface area contributed by atoms with Gasteiger partial charge in [0.2, 0.25) is 0 Å². The first-order valence-corrected chi connectivity index (χ1v) is 6.01. The largest absolute Gasteiger partial charge is 0.496 e. The number of carboxylic acid groups (broad SMARTS) is 1. The Hall–Kier alpha value is -2.03. The van der Waals surface area contributed by atoms with Gasteiger partial charge in [0.15, 0.2) is 0 Å². The van der Waals surface area contributed by atoms with Gasteiger partial charge in [0, 0.05) is 11.5 Å². The molecule has 2 aromatic rings. The molecule has 1 aliphatic rings. The minimum atomic E-state index is -0.713. The van der Waals surface area contributed by atoms with Crippen molar-refractivity contribution >= 4 is 16.7 Å². The summed E-state index contributed by atoms with van der Waals surface area (Å²) < 4.78 is 5.39. The number of rotatable bonds is 3. The summed E-state index contributed by atoms with van der Waals surface area (Å²) in [6.07, 6.45) is 0.708. The first-order chi connectivity index (χ1) is 8.72. The van der Waals surface area contributed by atoms with E-state index in [1.165, 1.54) is 0 Å². The first-order valence-electron chi connectivity index (χ1n) is 6.01. The van der Waals surface area contributed by atoms with Crippen LogP contribution in [0.2, 0.25) is 0 Å². The lowest BCUT2D eigenvalue weighted by Gasteiger charge is -2.11. The minimum Gasteiger partial charge on any atom is -0.496 e. The average Bonchev–Trinajstić information content (AvgIpc) is 3.17. The summed E-state index contributed by atoms with van der Waals surface area (Å²) in [6, 6.07) is 12.0. The highest BCUT2D eigenvalue weighted by molar-refractivity contribution is 5.90. The Morgan fingerprint density at radius 1 is 1.28 bits per heavy atom. The van der Waals surface area contributed by atoms with Crippen molar-refractivity contribution in [1.82, 2.24) is 0 Å². The minimum absolute atomic E-state index is 0.0866. The molecule has 0 amide bonds. The SMILES string of the molecule is COc1ccc2ccccc2c1C1CC1C(=O)O. The fourth-order valence-corrected chi connectivity index (χ4v) is 2.62. The second kappa shape index (κ2) is 4.02. The van der Waals surface area contributed by atoms with Crippen LogP contribution in [0.5, 0.6) is 5.75 Å². The van der Waals surface area contributed by atoms with E-state index >= 15 is 0 Å². The molecule has 18 heavy (non-hydrogen) atoms. The molecule has 0 saturated heterocycles. The molecule has 1 N–H and O–H groups in total. The number of carboxylic acids is 1. The smallest absolute Gasteiger partial charge is 0.307 e. The Morgan fingerprint density at radius 2 is 2.06 bits per heavy atom. The van der Waals surface area contributed by atoms with Crippen molar-refractivity contribution in [3.8, 4) is 5.75 Å². The molecule has 0 bridgehead atoms. The molecule has 1 aliphatic carbocycles. The van der Waals surface area contributed by atoms with E-state index in [0.29, 0.717) is 6.42 Å². The Morgan fingerprint density at radius 3 is 2.72 bits per heavy atom. The molecule has 1 fully saturated rings. The van der Waals surface area contributed by atoms with Crippen LogP contribution in [0, 0.1) is 5.92 Å². The zero-order valence-corrected chi connectivity index (χ0v) is 10.1. The normalized spacial score (nSPS) is 21.8. The number of methoxy groups -OCH3 is 1. The third kappa shape index (κ3) is 1.63. The number of fused-ring (bicyclic) bond motifs is 1. The van der Waals surface area contributed by atoms with Crippen molar-refractivity contribution in [3.05, 3.63) is 42.0 Å². The van der Waals surface area contributed by atoms with Crippen molar-refractivity contribution in [3.63, 3.8) is 0 Å². The van der Waals surface area contributed by atoms with Crippen LogP contribution in [0.25, 0.3) is 10.8 Å². The first kappa shape index (κ1) is 11.1. The zero-order valence-electron chi connectivity index (χ0n) is 10.1. The van der Waals surface area contributed by atoms with Gasteiger partial charge in [-0.1, -0.05) is 30.3 Å². The van der Waals surface area contributed by atoms with Crippen molar-refractivity contribution in [2.24, 2.45) is 5.92 Å². The monoisotopic (exact) mass is 242 g/mol. The molecular formula is C15H14O3. The third-order valence-electron chi connectivity index (χ3n) is 3.63. The summed E-state index contributed by atoms with van der Waals surface area (Å²) in [5.41, 5.74) is 1.04. The maximum Gasteiger partial charge on any atom is 0.307 e. The number of aliphatic carboxylic acids is 1. The molecule has 2 unspecified atom stereocenters. The maximum atomic E-state index is 11.0. The fourth-order valence-electron chi connectivity index (χ4n) is 2.62. The Bertz CT molecular complexity index is 618. The van der Waals surface area contributed by atoms with E-state index in [-0.39, 0.29) is 11.8 Å². The van der Waals surface area contributed by atoms with E-state index in [1.807, 2.05) is 36.4 Å². The van der Waals surface area contributed by atoms with Crippen LogP contribution in [0.1, 0.15) is 17.9 Å². The van der Waals surface area contributed by atoms with E-state index < -0.39 is 5.97 Å². The molecule has 2 aromatic carbocycles. The van der Waals surface area contributed by atoms with E-state index in [0.717, 1.165) is 22.1 Å². The van der Waals surface area contributed by atoms with Gasteiger partial charge >= 0.3 is 5.97 Å². The van der Waals surface area contributed by atoms with Gasteiger partial charge in [-0.15, -0.1) is 0 Å². The topological polar surface area (TPSA) is 46.5 Å². The van der Waals surface area contributed by atoms with Crippen molar-refractivity contribution < 1.29 is 14.6 Å². The molecule has 3 nitrogen and oxygen atoms in total. The summed E-state index contributed by atoms with van der Waals surface area (Å²) in [7, 11) is 1.63. The van der Waals surface area contributed by atoms with Crippen LogP contribution < -0.4 is 4.74 Å². The summed E-state index contributed by atoms with van der Waals surface area (Å²) in [4.78, 5) is 11.0. The van der Waals surface area contributed by atoms with Crippen LogP contribution in [0.3, 0.4) is 0 Å². The highest BCUT2D eigenvalue weighted by atomic mass is 16.5. The van der Waals surface area contributed by atoms with Crippen LogP contribution in [0.15, 0.2) is 36.4 Å². The van der Waals surface area contributed by atoms with E-state index in [4.69, 9.17) is 9.84 Å². The van der Waals surface area contributed by atoms with Crippen molar-refractivity contribution in [2.75, 3.05) is 7.11 Å². The Kier molecular flexibility index (Phi) is 2.47. The quantitative estimate of drug-likeness (QED) is 0.899. The highest BCUT2D eigenvalue weighted by Crippen LogP contribution is 2.52. The lowest BCUT2D eigenvalue weighted by atomic mass is 9.99. The molecule has 2 atom stereocenters. The van der Waals surface area contributed by atoms with Crippen LogP contribution >= 0.6 is 0 Å². The van der Waals surface area contributed by atoms with E-state index in [2.05, 4.69) is 0 Å². The average molecular weight is 242 g/mol. The van der Waals surface area contributed by atoms with Gasteiger partial charge in [0.1, 0.15) is 5.75 Å². The lowest BCUT2D eigenvalue weighted by molar-refractivity contribution is -0.138. The summed E-state index contributed by atoms with van der Waals surface area (Å²) in [5, 5.41) is 11.3. The van der Waals surface area contributed by atoms with Crippen LogP contribution in [0.4, 0.5) is 0 Å². The Labute approximate surface area is 105 Å². The molecule has 0 aliphatic heterocycles. The third-order valence-corrected chi connectivity index (χ3v) is 3.63. The standard InChI is InChI=1S/C15H14O3/c1-18-13-7-6-9-4-2-3-5-10(9)14(13)11-8-12(11)15(16)17/h2-7,11-12H,8H2,1H3,(H,16,17).